The fraction of sp³-hybridized carbons (Fsp3) is 0.875. The minimum Gasteiger partial charge on any atom is -0.438 e. The van der Waals surface area contributed by atoms with Crippen molar-refractivity contribution in [2.75, 3.05) is 13.4 Å². The van der Waals surface area contributed by atoms with Gasteiger partial charge in [0, 0.05) is 6.61 Å². The van der Waals surface area contributed by atoms with Crippen LogP contribution in [0.1, 0.15) is 26.2 Å². The van der Waals surface area contributed by atoms with Crippen LogP contribution >= 0.6 is 0 Å². The van der Waals surface area contributed by atoms with Crippen molar-refractivity contribution < 1.29 is 14.3 Å². The molecule has 3 heteroatoms. The second-order valence-electron chi connectivity index (χ2n) is 2.70. The van der Waals surface area contributed by atoms with Gasteiger partial charge < -0.3 is 9.47 Å². The molecule has 0 atom stereocenters. The monoisotopic (exact) mass is 158 g/mol. The third kappa shape index (κ3) is 2.50. The molecule has 1 fully saturated rings. The predicted octanol–water partition coefficient (Wildman–Crippen LogP) is 1.32. The molecule has 0 aromatic rings. The van der Waals surface area contributed by atoms with Gasteiger partial charge in [0.15, 0.2) is 6.79 Å². The average molecular weight is 158 g/mol. The van der Waals surface area contributed by atoms with Gasteiger partial charge >= 0.3 is 5.97 Å². The van der Waals surface area contributed by atoms with E-state index in [-0.39, 0.29) is 18.7 Å². The number of hydrogen-bond acceptors (Lipinski definition) is 3. The fourth-order valence-corrected chi connectivity index (χ4v) is 0.945. The van der Waals surface area contributed by atoms with Crippen molar-refractivity contribution in [1.29, 1.82) is 0 Å². The van der Waals surface area contributed by atoms with Crippen LogP contribution in [0.25, 0.3) is 0 Å². The highest BCUT2D eigenvalue weighted by molar-refractivity contribution is 5.73. The Morgan fingerprint density at radius 3 is 2.73 bits per heavy atom. The average Bonchev–Trinajstić information content (AvgIpc) is 1.84. The van der Waals surface area contributed by atoms with Gasteiger partial charge in [-0.1, -0.05) is 6.42 Å². The molecule has 0 amide bonds. The molecule has 0 bridgehead atoms. The molecule has 0 aromatic heterocycles. The van der Waals surface area contributed by atoms with Gasteiger partial charge in [-0.15, -0.1) is 0 Å². The molecular formula is C8H14O3. The summed E-state index contributed by atoms with van der Waals surface area (Å²) in [4.78, 5) is 11.0. The van der Waals surface area contributed by atoms with Crippen molar-refractivity contribution >= 4 is 5.97 Å². The van der Waals surface area contributed by atoms with Gasteiger partial charge in [0.1, 0.15) is 0 Å². The Labute approximate surface area is 66.7 Å². The molecule has 0 radical (unpaired) electrons. The van der Waals surface area contributed by atoms with Gasteiger partial charge in [0.25, 0.3) is 0 Å². The van der Waals surface area contributed by atoms with E-state index < -0.39 is 0 Å². The Bertz CT molecular complexity index is 129. The highest BCUT2D eigenvalue weighted by Gasteiger charge is 2.26. The molecule has 0 aromatic carbocycles. The molecular weight excluding hydrogens is 144 g/mol. The van der Waals surface area contributed by atoms with Crippen molar-refractivity contribution in [2.24, 2.45) is 5.92 Å². The molecule has 64 valence electrons. The summed E-state index contributed by atoms with van der Waals surface area (Å²) in [7, 11) is 0. The molecule has 1 aliphatic carbocycles. The minimum atomic E-state index is -0.0929. The highest BCUT2D eigenvalue weighted by atomic mass is 16.7. The third-order valence-electron chi connectivity index (χ3n) is 1.93. The van der Waals surface area contributed by atoms with E-state index in [1.807, 2.05) is 6.92 Å². The SMILES string of the molecule is CCOCOC(=O)C1CCC1. The van der Waals surface area contributed by atoms with Crippen molar-refractivity contribution in [3.05, 3.63) is 0 Å². The Kier molecular flexibility index (Phi) is 3.36. The maximum atomic E-state index is 11.0. The van der Waals surface area contributed by atoms with E-state index in [0.29, 0.717) is 6.61 Å². The number of ether oxygens (including phenoxy) is 2. The minimum absolute atomic E-state index is 0.0929. The number of carbonyl (C=O) groups excluding carboxylic acids is 1. The highest BCUT2D eigenvalue weighted by Crippen LogP contribution is 2.27. The van der Waals surface area contributed by atoms with Crippen molar-refractivity contribution in [3.63, 3.8) is 0 Å². The summed E-state index contributed by atoms with van der Waals surface area (Å²) in [5, 5.41) is 0. The van der Waals surface area contributed by atoms with Crippen LogP contribution < -0.4 is 0 Å². The van der Waals surface area contributed by atoms with E-state index in [9.17, 15) is 4.79 Å². The maximum Gasteiger partial charge on any atom is 0.311 e. The first kappa shape index (κ1) is 8.53. The number of rotatable bonds is 4. The van der Waals surface area contributed by atoms with Crippen LogP contribution in [0.5, 0.6) is 0 Å². The van der Waals surface area contributed by atoms with E-state index in [1.54, 1.807) is 0 Å². The Hall–Kier alpha value is -0.570. The van der Waals surface area contributed by atoms with Crippen molar-refractivity contribution in [1.82, 2.24) is 0 Å². The van der Waals surface area contributed by atoms with Crippen LogP contribution in [0.15, 0.2) is 0 Å². The lowest BCUT2D eigenvalue weighted by Gasteiger charge is -2.22. The molecule has 0 aliphatic heterocycles. The molecule has 1 rings (SSSR count). The van der Waals surface area contributed by atoms with Gasteiger partial charge in [-0.25, -0.2) is 0 Å². The van der Waals surface area contributed by atoms with Crippen LogP contribution in [0, 0.1) is 5.92 Å². The third-order valence-corrected chi connectivity index (χ3v) is 1.93. The zero-order chi connectivity index (χ0) is 8.10. The van der Waals surface area contributed by atoms with Gasteiger partial charge in [-0.3, -0.25) is 4.79 Å². The normalized spacial score (nSPS) is 17.5. The fourth-order valence-electron chi connectivity index (χ4n) is 0.945. The maximum absolute atomic E-state index is 11.0. The predicted molar refractivity (Wildman–Crippen MR) is 39.9 cm³/mol. The van der Waals surface area contributed by atoms with Crippen LogP contribution in [0.3, 0.4) is 0 Å². The zero-order valence-electron chi connectivity index (χ0n) is 6.84. The summed E-state index contributed by atoms with van der Waals surface area (Å²) < 4.78 is 9.71. The lowest BCUT2D eigenvalue weighted by atomic mass is 9.86. The first-order valence-corrected chi connectivity index (χ1v) is 4.09. The summed E-state index contributed by atoms with van der Waals surface area (Å²) >= 11 is 0. The molecule has 0 saturated heterocycles. The summed E-state index contributed by atoms with van der Waals surface area (Å²) in [6, 6.07) is 0. The van der Waals surface area contributed by atoms with E-state index in [0.717, 1.165) is 19.3 Å². The Morgan fingerprint density at radius 1 is 1.55 bits per heavy atom. The summed E-state index contributed by atoms with van der Waals surface area (Å²) in [6.07, 6.45) is 3.14. The van der Waals surface area contributed by atoms with Crippen LogP contribution in [-0.4, -0.2) is 19.4 Å². The molecule has 0 N–H and O–H groups in total. The van der Waals surface area contributed by atoms with Gasteiger partial charge in [0.2, 0.25) is 0 Å². The van der Waals surface area contributed by atoms with E-state index in [2.05, 4.69) is 0 Å². The van der Waals surface area contributed by atoms with Crippen LogP contribution in [0.4, 0.5) is 0 Å². The molecule has 0 spiro atoms. The standard InChI is InChI=1S/C8H14O3/c1-2-10-6-11-8(9)7-4-3-5-7/h7H,2-6H2,1H3. The van der Waals surface area contributed by atoms with Crippen LogP contribution in [-0.2, 0) is 14.3 Å². The lowest BCUT2D eigenvalue weighted by Crippen LogP contribution is -2.24. The molecule has 3 nitrogen and oxygen atoms in total. The van der Waals surface area contributed by atoms with Gasteiger partial charge in [0.05, 0.1) is 5.92 Å². The van der Waals surface area contributed by atoms with E-state index in [1.165, 1.54) is 0 Å². The topological polar surface area (TPSA) is 35.5 Å². The molecule has 1 aliphatic rings. The molecule has 0 unspecified atom stereocenters. The van der Waals surface area contributed by atoms with Crippen molar-refractivity contribution in [3.8, 4) is 0 Å². The van der Waals surface area contributed by atoms with Crippen LogP contribution in [0.2, 0.25) is 0 Å². The van der Waals surface area contributed by atoms with Gasteiger partial charge in [-0.2, -0.15) is 0 Å². The Balaban J connectivity index is 2.01. The lowest BCUT2D eigenvalue weighted by molar-refractivity contribution is -0.163. The van der Waals surface area contributed by atoms with E-state index in [4.69, 9.17) is 9.47 Å². The number of esters is 1. The summed E-state index contributed by atoms with van der Waals surface area (Å²) in [5.41, 5.74) is 0. The molecule has 0 heterocycles. The van der Waals surface area contributed by atoms with Crippen molar-refractivity contribution in [2.45, 2.75) is 26.2 Å². The molecule has 1 saturated carbocycles. The smallest absolute Gasteiger partial charge is 0.311 e. The van der Waals surface area contributed by atoms with E-state index >= 15 is 0 Å². The second-order valence-corrected chi connectivity index (χ2v) is 2.70. The second kappa shape index (κ2) is 4.34. The van der Waals surface area contributed by atoms with Gasteiger partial charge in [-0.05, 0) is 19.8 Å². The Morgan fingerprint density at radius 2 is 2.27 bits per heavy atom. The first-order valence-electron chi connectivity index (χ1n) is 4.09. The first-order chi connectivity index (χ1) is 5.34. The largest absolute Gasteiger partial charge is 0.438 e. The number of hydrogen-bond donors (Lipinski definition) is 0. The number of carbonyl (C=O) groups is 1. The molecule has 11 heavy (non-hydrogen) atoms. The quantitative estimate of drug-likeness (QED) is 0.351. The zero-order valence-corrected chi connectivity index (χ0v) is 6.84. The summed E-state index contributed by atoms with van der Waals surface area (Å²) in [5.74, 6) is 0.0696. The summed E-state index contributed by atoms with van der Waals surface area (Å²) in [6.45, 7) is 2.58.